The van der Waals surface area contributed by atoms with Gasteiger partial charge in [-0.05, 0) is 129 Å². The maximum Gasteiger partial charge on any atom is 0.324 e. The first-order chi connectivity index (χ1) is 27.8. The zero-order chi connectivity index (χ0) is 44.4. The Bertz CT molecular complexity index is 2040. The molecule has 0 spiro atoms. The normalized spacial score (nSPS) is 13.1. The van der Waals surface area contributed by atoms with Crippen molar-refractivity contribution in [1.82, 2.24) is 15.0 Å². The van der Waals surface area contributed by atoms with E-state index in [1.165, 1.54) is 27.8 Å². The quantitative estimate of drug-likeness (QED) is 0.127. The van der Waals surface area contributed by atoms with E-state index in [9.17, 15) is 5.11 Å². The average molecular weight is 813 g/mol. The topological polar surface area (TPSA) is 80.6 Å². The summed E-state index contributed by atoms with van der Waals surface area (Å²) in [5.74, 6) is 1.24. The van der Waals surface area contributed by atoms with Crippen LogP contribution in [0.2, 0.25) is 0 Å². The summed E-state index contributed by atoms with van der Waals surface area (Å²) in [7, 11) is 0. The predicted octanol–water partition coefficient (Wildman–Crippen LogP) is 13.4. The van der Waals surface area contributed by atoms with Crippen LogP contribution in [0.1, 0.15) is 160 Å². The van der Waals surface area contributed by atoms with Gasteiger partial charge in [-0.3, -0.25) is 0 Å². The molecule has 0 aliphatic carbocycles. The highest BCUT2D eigenvalue weighted by Crippen LogP contribution is 2.40. The van der Waals surface area contributed by atoms with E-state index in [2.05, 4.69) is 182 Å². The van der Waals surface area contributed by atoms with Gasteiger partial charge in [0.15, 0.2) is 0 Å². The molecule has 0 bridgehead atoms. The molecule has 322 valence electrons. The summed E-state index contributed by atoms with van der Waals surface area (Å²) in [6.45, 7) is 35.7. The Labute approximate surface area is 362 Å². The van der Waals surface area contributed by atoms with Gasteiger partial charge < -0.3 is 19.5 Å². The summed E-state index contributed by atoms with van der Waals surface area (Å²) < 4.78 is 13.1. The van der Waals surface area contributed by atoms with Gasteiger partial charge in [-0.2, -0.15) is 9.97 Å². The third-order valence-corrected chi connectivity index (χ3v) is 11.1. The lowest BCUT2D eigenvalue weighted by atomic mass is 9.76. The number of ether oxygens (including phenoxy) is 2. The number of anilines is 2. The fourth-order valence-corrected chi connectivity index (χ4v) is 8.16. The predicted molar refractivity (Wildman–Crippen MR) is 249 cm³/mol. The van der Waals surface area contributed by atoms with E-state index in [4.69, 9.17) is 24.4 Å². The van der Waals surface area contributed by atoms with Gasteiger partial charge in [-0.25, -0.2) is 0 Å². The zero-order valence-corrected chi connectivity index (χ0v) is 39.5. The number of benzene rings is 4. The SMILES string of the molecule is Cc1c(C(C)(C)C)cc(COc2nc(OCc3cc(C(C)(C)C)c(O)c(C(C)(C)C)c3)nc(N(c3ccc(Cc4ccccc4)cc3)C(C)CC(C)C)n2)cc1C(C)(C)C. The molecule has 0 aliphatic heterocycles. The van der Waals surface area contributed by atoms with Gasteiger partial charge in [0.2, 0.25) is 5.95 Å². The largest absolute Gasteiger partial charge is 0.507 e. The second kappa shape index (κ2) is 18.0. The third-order valence-electron chi connectivity index (χ3n) is 11.1. The van der Waals surface area contributed by atoms with Crippen molar-refractivity contribution in [2.24, 2.45) is 5.92 Å². The van der Waals surface area contributed by atoms with Crippen molar-refractivity contribution in [1.29, 1.82) is 0 Å². The first-order valence-electron chi connectivity index (χ1n) is 21.8. The molecule has 0 aliphatic rings. The number of phenolic OH excluding ortho intramolecular Hbond substituents is 1. The molecular weight excluding hydrogens is 741 g/mol. The minimum Gasteiger partial charge on any atom is -0.507 e. The zero-order valence-electron chi connectivity index (χ0n) is 39.5. The standard InChI is InChI=1S/C53H72N4O3/c1-34(2)26-35(3)57(41-24-22-38(23-25-41)27-37-20-18-17-19-21-37)47-54-48(59-32-39-28-42(50(5,6)7)36(4)43(29-39)51(8,9)10)56-49(55-47)60-33-40-30-44(52(11,12)13)46(58)45(31-40)53(14,15)16/h17-25,28-31,34-35,58H,26-27,32-33H2,1-16H3. The van der Waals surface area contributed by atoms with Gasteiger partial charge in [0.1, 0.15) is 19.0 Å². The van der Waals surface area contributed by atoms with Crippen LogP contribution in [0.15, 0.2) is 78.9 Å². The van der Waals surface area contributed by atoms with E-state index in [1.807, 2.05) is 12.1 Å². The Morgan fingerprint density at radius 2 is 0.967 bits per heavy atom. The lowest BCUT2D eigenvalue weighted by Gasteiger charge is -2.31. The molecule has 0 saturated carbocycles. The van der Waals surface area contributed by atoms with Gasteiger partial charge in [-0.15, -0.1) is 4.98 Å². The van der Waals surface area contributed by atoms with E-state index < -0.39 is 0 Å². The number of rotatable bonds is 13. The van der Waals surface area contributed by atoms with Gasteiger partial charge in [0, 0.05) is 11.7 Å². The Balaban J connectivity index is 1.60. The highest BCUT2D eigenvalue weighted by Gasteiger charge is 2.29. The molecule has 0 saturated heterocycles. The Morgan fingerprint density at radius 1 is 0.550 bits per heavy atom. The van der Waals surface area contributed by atoms with Crippen molar-refractivity contribution in [2.75, 3.05) is 4.90 Å². The summed E-state index contributed by atoms with van der Waals surface area (Å²) in [6, 6.07) is 28.3. The van der Waals surface area contributed by atoms with E-state index in [0.717, 1.165) is 40.8 Å². The molecular formula is C53H72N4O3. The minimum absolute atomic E-state index is 0.0426. The maximum atomic E-state index is 11.4. The van der Waals surface area contributed by atoms with Crippen LogP contribution in [0.4, 0.5) is 11.6 Å². The number of hydrogen-bond acceptors (Lipinski definition) is 7. The van der Waals surface area contributed by atoms with Crippen molar-refractivity contribution < 1.29 is 14.6 Å². The molecule has 60 heavy (non-hydrogen) atoms. The molecule has 1 heterocycles. The first kappa shape index (κ1) is 46.2. The molecule has 5 aromatic rings. The second-order valence-corrected chi connectivity index (χ2v) is 21.3. The molecule has 0 fully saturated rings. The van der Waals surface area contributed by atoms with E-state index in [1.54, 1.807) is 0 Å². The van der Waals surface area contributed by atoms with Crippen LogP contribution in [0.5, 0.6) is 17.8 Å². The van der Waals surface area contributed by atoms with E-state index >= 15 is 0 Å². The van der Waals surface area contributed by atoms with Crippen LogP contribution in [-0.2, 0) is 41.3 Å². The van der Waals surface area contributed by atoms with Crippen molar-refractivity contribution in [3.8, 4) is 17.8 Å². The lowest BCUT2D eigenvalue weighted by molar-refractivity contribution is 0.249. The number of nitrogens with zero attached hydrogens (tertiary/aromatic N) is 4. The summed E-state index contributed by atoms with van der Waals surface area (Å²) in [4.78, 5) is 17.0. The van der Waals surface area contributed by atoms with Crippen molar-refractivity contribution in [3.63, 3.8) is 0 Å². The van der Waals surface area contributed by atoms with Crippen LogP contribution in [-0.4, -0.2) is 26.1 Å². The Hall–Kier alpha value is -4.91. The molecule has 1 N–H and O–H groups in total. The molecule has 0 amide bonds. The lowest BCUT2D eigenvalue weighted by Crippen LogP contribution is -2.31. The van der Waals surface area contributed by atoms with Gasteiger partial charge >= 0.3 is 12.0 Å². The highest BCUT2D eigenvalue weighted by molar-refractivity contribution is 5.59. The molecule has 0 radical (unpaired) electrons. The van der Waals surface area contributed by atoms with Crippen molar-refractivity contribution in [2.45, 2.75) is 165 Å². The number of phenols is 1. The van der Waals surface area contributed by atoms with Crippen LogP contribution in [0.25, 0.3) is 0 Å². The molecule has 5 rings (SSSR count). The smallest absolute Gasteiger partial charge is 0.324 e. The molecule has 4 aromatic carbocycles. The van der Waals surface area contributed by atoms with E-state index in [0.29, 0.717) is 17.6 Å². The number of hydrogen-bond donors (Lipinski definition) is 1. The third kappa shape index (κ3) is 11.7. The molecule has 1 aromatic heterocycles. The summed E-state index contributed by atoms with van der Waals surface area (Å²) in [6.07, 6.45) is 1.76. The van der Waals surface area contributed by atoms with Crippen molar-refractivity contribution in [3.05, 3.63) is 129 Å². The van der Waals surface area contributed by atoms with E-state index in [-0.39, 0.29) is 52.9 Å². The van der Waals surface area contributed by atoms with Crippen LogP contribution >= 0.6 is 0 Å². The molecule has 7 nitrogen and oxygen atoms in total. The average Bonchev–Trinajstić information content (AvgIpc) is 3.13. The fourth-order valence-electron chi connectivity index (χ4n) is 8.16. The Kier molecular flexibility index (Phi) is 13.8. The number of aromatic nitrogens is 3. The summed E-state index contributed by atoms with van der Waals surface area (Å²) in [5, 5.41) is 11.4. The molecule has 1 atom stereocenters. The van der Waals surface area contributed by atoms with Gasteiger partial charge in [0.25, 0.3) is 0 Å². The van der Waals surface area contributed by atoms with Crippen molar-refractivity contribution >= 4 is 11.6 Å². The monoisotopic (exact) mass is 813 g/mol. The number of aromatic hydroxyl groups is 1. The first-order valence-corrected chi connectivity index (χ1v) is 21.8. The summed E-state index contributed by atoms with van der Waals surface area (Å²) in [5.41, 5.74) is 10.5. The second-order valence-electron chi connectivity index (χ2n) is 21.3. The fraction of sp³-hybridized carbons (Fsp3) is 0.491. The summed E-state index contributed by atoms with van der Waals surface area (Å²) >= 11 is 0. The maximum absolute atomic E-state index is 11.4. The molecule has 1 unspecified atom stereocenters. The van der Waals surface area contributed by atoms with Gasteiger partial charge in [0.05, 0.1) is 0 Å². The minimum atomic E-state index is -0.277. The van der Waals surface area contributed by atoms with Crippen LogP contribution < -0.4 is 14.4 Å². The highest BCUT2D eigenvalue weighted by atomic mass is 16.5. The van der Waals surface area contributed by atoms with Crippen LogP contribution in [0.3, 0.4) is 0 Å². The molecule has 7 heteroatoms. The van der Waals surface area contributed by atoms with Crippen LogP contribution in [0, 0.1) is 12.8 Å². The van der Waals surface area contributed by atoms with Gasteiger partial charge in [-0.1, -0.05) is 152 Å². The Morgan fingerprint density at radius 3 is 1.38 bits per heavy atom.